The van der Waals surface area contributed by atoms with Crippen molar-refractivity contribution >= 4 is 46.6 Å². The number of imidazole rings is 1. The number of nitrogens with one attached hydrogen (secondary N) is 1. The van der Waals surface area contributed by atoms with Crippen LogP contribution >= 0.6 is 23.1 Å². The number of carbonyl (C=O) groups excluding carboxylic acids is 1. The molecule has 36 heavy (non-hydrogen) atoms. The standard InChI is InChI=1S/C27H26N4O3S2/c1-35-13-9-24(27(33)34)30-25(32)22-8-7-19(16-23(22)20-5-3-2-4-6-20)15-21(26-29-11-14-36-26)17-31-12-10-28-18-31/h2-8,10-12,14-16,18,24H,9,13,17H2,1H3,(H,30,32)(H,33,34)/b21-15-/t24-/m0/s1. The number of thiazole rings is 1. The highest BCUT2D eigenvalue weighted by atomic mass is 32.2. The maximum atomic E-state index is 13.2. The molecule has 0 saturated heterocycles. The summed E-state index contributed by atoms with van der Waals surface area (Å²) >= 11 is 3.11. The van der Waals surface area contributed by atoms with E-state index in [1.165, 1.54) is 0 Å². The lowest BCUT2D eigenvalue weighted by Crippen LogP contribution is -2.41. The average molecular weight is 519 g/mol. The van der Waals surface area contributed by atoms with E-state index in [0.717, 1.165) is 27.3 Å². The SMILES string of the molecule is CSCC[C@H](NC(=O)c1ccc(/C=C(/Cn2ccnc2)c2nccs2)cc1-c1ccccc1)C(=O)O. The maximum Gasteiger partial charge on any atom is 0.326 e. The molecule has 4 rings (SSSR count). The average Bonchev–Trinajstić information content (AvgIpc) is 3.61. The van der Waals surface area contributed by atoms with E-state index in [2.05, 4.69) is 21.4 Å². The molecule has 0 saturated carbocycles. The Kier molecular flexibility index (Phi) is 8.70. The number of carboxylic acids is 1. The molecular formula is C27H26N4O3S2. The number of aliphatic carboxylic acids is 1. The number of amides is 1. The van der Waals surface area contributed by atoms with Crippen molar-refractivity contribution in [2.75, 3.05) is 12.0 Å². The van der Waals surface area contributed by atoms with Crippen molar-refractivity contribution in [1.29, 1.82) is 0 Å². The molecule has 9 heteroatoms. The molecule has 7 nitrogen and oxygen atoms in total. The van der Waals surface area contributed by atoms with E-state index in [1.54, 1.807) is 47.9 Å². The van der Waals surface area contributed by atoms with Crippen LogP contribution in [0.4, 0.5) is 0 Å². The third kappa shape index (κ3) is 6.50. The number of aromatic nitrogens is 3. The van der Waals surface area contributed by atoms with Crippen LogP contribution in [0.5, 0.6) is 0 Å². The minimum absolute atomic E-state index is 0.356. The molecule has 1 amide bonds. The highest BCUT2D eigenvalue weighted by Crippen LogP contribution is 2.28. The topological polar surface area (TPSA) is 97.1 Å². The first-order chi connectivity index (χ1) is 17.5. The second-order valence-corrected chi connectivity index (χ2v) is 9.94. The van der Waals surface area contributed by atoms with E-state index >= 15 is 0 Å². The van der Waals surface area contributed by atoms with Gasteiger partial charge < -0.3 is 15.0 Å². The number of thioether (sulfide) groups is 1. The summed E-state index contributed by atoms with van der Waals surface area (Å²) in [6.07, 6.45) is 11.5. The zero-order valence-corrected chi connectivity index (χ0v) is 21.3. The molecule has 184 valence electrons. The summed E-state index contributed by atoms with van der Waals surface area (Å²) in [6, 6.07) is 14.3. The molecular weight excluding hydrogens is 492 g/mol. The van der Waals surface area contributed by atoms with Crippen molar-refractivity contribution in [2.24, 2.45) is 0 Å². The predicted molar refractivity (Wildman–Crippen MR) is 146 cm³/mol. The minimum atomic E-state index is -1.04. The quantitative estimate of drug-likeness (QED) is 0.284. The predicted octanol–water partition coefficient (Wildman–Crippen LogP) is 5.18. The summed E-state index contributed by atoms with van der Waals surface area (Å²) < 4.78 is 1.98. The van der Waals surface area contributed by atoms with E-state index in [4.69, 9.17) is 0 Å². The highest BCUT2D eigenvalue weighted by molar-refractivity contribution is 7.98. The molecule has 2 heterocycles. The summed E-state index contributed by atoms with van der Waals surface area (Å²) in [4.78, 5) is 33.6. The number of nitrogens with zero attached hydrogens (tertiary/aromatic N) is 3. The molecule has 0 radical (unpaired) electrons. The van der Waals surface area contributed by atoms with Gasteiger partial charge in [-0.3, -0.25) is 4.79 Å². The zero-order valence-electron chi connectivity index (χ0n) is 19.7. The molecule has 0 aliphatic heterocycles. The van der Waals surface area contributed by atoms with Crippen LogP contribution in [0.25, 0.3) is 22.8 Å². The van der Waals surface area contributed by atoms with Crippen LogP contribution in [0.1, 0.15) is 27.3 Å². The summed E-state index contributed by atoms with van der Waals surface area (Å²) in [6.45, 7) is 0.603. The lowest BCUT2D eigenvalue weighted by atomic mass is 9.95. The first-order valence-electron chi connectivity index (χ1n) is 11.3. The van der Waals surface area contributed by atoms with Crippen molar-refractivity contribution in [2.45, 2.75) is 19.0 Å². The molecule has 0 unspecified atom stereocenters. The number of carbonyl (C=O) groups is 2. The van der Waals surface area contributed by atoms with E-state index in [9.17, 15) is 14.7 Å². The van der Waals surface area contributed by atoms with Crippen molar-refractivity contribution in [3.63, 3.8) is 0 Å². The molecule has 0 aliphatic rings. The van der Waals surface area contributed by atoms with Crippen molar-refractivity contribution in [1.82, 2.24) is 19.9 Å². The fourth-order valence-electron chi connectivity index (χ4n) is 3.77. The Bertz CT molecular complexity index is 1320. The van der Waals surface area contributed by atoms with Crippen LogP contribution < -0.4 is 5.32 Å². The number of hydrogen-bond acceptors (Lipinski definition) is 6. The summed E-state index contributed by atoms with van der Waals surface area (Å²) in [7, 11) is 0. The lowest BCUT2D eigenvalue weighted by molar-refractivity contribution is -0.139. The minimum Gasteiger partial charge on any atom is -0.480 e. The van der Waals surface area contributed by atoms with Gasteiger partial charge >= 0.3 is 5.97 Å². The second kappa shape index (κ2) is 12.3. The van der Waals surface area contributed by atoms with Crippen LogP contribution in [0.2, 0.25) is 0 Å². The van der Waals surface area contributed by atoms with Gasteiger partial charge in [-0.15, -0.1) is 11.3 Å². The monoisotopic (exact) mass is 518 g/mol. The van der Waals surface area contributed by atoms with Crippen LogP contribution in [0.3, 0.4) is 0 Å². The molecule has 0 fully saturated rings. The van der Waals surface area contributed by atoms with Crippen LogP contribution in [0, 0.1) is 0 Å². The Morgan fingerprint density at radius 3 is 2.69 bits per heavy atom. The highest BCUT2D eigenvalue weighted by Gasteiger charge is 2.22. The smallest absolute Gasteiger partial charge is 0.326 e. The van der Waals surface area contributed by atoms with Gasteiger partial charge in [-0.25, -0.2) is 14.8 Å². The molecule has 1 atom stereocenters. The van der Waals surface area contributed by atoms with Gasteiger partial charge in [0.1, 0.15) is 11.0 Å². The van der Waals surface area contributed by atoms with Crippen molar-refractivity contribution in [3.8, 4) is 11.1 Å². The molecule has 2 aromatic heterocycles. The Morgan fingerprint density at radius 2 is 2.03 bits per heavy atom. The summed E-state index contributed by atoms with van der Waals surface area (Å²) in [5.74, 6) is -0.801. The van der Waals surface area contributed by atoms with Crippen LogP contribution in [-0.2, 0) is 11.3 Å². The van der Waals surface area contributed by atoms with Crippen molar-refractivity contribution < 1.29 is 14.7 Å². The molecule has 0 aliphatic carbocycles. The van der Waals surface area contributed by atoms with E-state index < -0.39 is 17.9 Å². The third-order valence-electron chi connectivity index (χ3n) is 5.55. The molecule has 4 aromatic rings. The third-order valence-corrected chi connectivity index (χ3v) is 7.04. The molecule has 0 spiro atoms. The molecule has 2 aromatic carbocycles. The van der Waals surface area contributed by atoms with Gasteiger partial charge in [0.05, 0.1) is 12.9 Å². The first-order valence-corrected chi connectivity index (χ1v) is 13.6. The number of benzene rings is 2. The van der Waals surface area contributed by atoms with E-state index in [0.29, 0.717) is 24.3 Å². The van der Waals surface area contributed by atoms with Crippen LogP contribution in [0.15, 0.2) is 78.8 Å². The van der Waals surface area contributed by atoms with Gasteiger partial charge in [0.15, 0.2) is 0 Å². The Morgan fingerprint density at radius 1 is 1.19 bits per heavy atom. The van der Waals surface area contributed by atoms with Gasteiger partial charge in [0.25, 0.3) is 5.91 Å². The Hall–Kier alpha value is -3.69. The van der Waals surface area contributed by atoms with Gasteiger partial charge in [-0.2, -0.15) is 11.8 Å². The van der Waals surface area contributed by atoms with Gasteiger partial charge in [-0.1, -0.05) is 36.4 Å². The lowest BCUT2D eigenvalue weighted by Gasteiger charge is -2.17. The normalized spacial score (nSPS) is 12.3. The number of hydrogen-bond donors (Lipinski definition) is 2. The first kappa shape index (κ1) is 25.4. The number of rotatable bonds is 11. The summed E-state index contributed by atoms with van der Waals surface area (Å²) in [5.41, 5.74) is 3.96. The number of allylic oxidation sites excluding steroid dienone is 1. The van der Waals surface area contributed by atoms with Gasteiger partial charge in [0, 0.05) is 35.1 Å². The number of carboxylic acid groups (broad SMARTS) is 1. The Labute approximate surface area is 217 Å². The molecule has 2 N–H and O–H groups in total. The Balaban J connectivity index is 1.72. The van der Waals surface area contributed by atoms with Gasteiger partial charge in [-0.05, 0) is 53.3 Å². The van der Waals surface area contributed by atoms with Gasteiger partial charge in [0.2, 0.25) is 0 Å². The zero-order chi connectivity index (χ0) is 25.3. The largest absolute Gasteiger partial charge is 0.480 e. The summed E-state index contributed by atoms with van der Waals surface area (Å²) in [5, 5.41) is 15.1. The fourth-order valence-corrected chi connectivity index (χ4v) is 4.89. The fraction of sp³-hybridized carbons (Fsp3) is 0.185. The molecule has 0 bridgehead atoms. The van der Waals surface area contributed by atoms with E-state index in [1.807, 2.05) is 64.9 Å². The maximum absolute atomic E-state index is 13.2. The van der Waals surface area contributed by atoms with E-state index in [-0.39, 0.29) is 0 Å². The second-order valence-electron chi connectivity index (χ2n) is 8.06. The van der Waals surface area contributed by atoms with Crippen LogP contribution in [-0.4, -0.2) is 49.6 Å². The van der Waals surface area contributed by atoms with Crippen molar-refractivity contribution in [3.05, 3.63) is 95.0 Å².